The summed E-state index contributed by atoms with van der Waals surface area (Å²) in [4.78, 5) is 8.53. The van der Waals surface area contributed by atoms with Crippen LogP contribution in [0.2, 0.25) is 0 Å². The van der Waals surface area contributed by atoms with Crippen molar-refractivity contribution in [2.75, 3.05) is 0 Å². The Labute approximate surface area is 165 Å². The second kappa shape index (κ2) is 8.81. The van der Waals surface area contributed by atoms with Gasteiger partial charge in [-0.1, -0.05) is 32.1 Å². The van der Waals surface area contributed by atoms with E-state index in [4.69, 9.17) is 11.1 Å². The quantitative estimate of drug-likeness (QED) is 0.454. The molecule has 2 aliphatic heterocycles. The van der Waals surface area contributed by atoms with Crippen molar-refractivity contribution in [2.45, 2.75) is 13.8 Å². The zero-order chi connectivity index (χ0) is 19.9. The van der Waals surface area contributed by atoms with Crippen LogP contribution >= 0.6 is 0 Å². The zero-order valence-electron chi connectivity index (χ0n) is 16.0. The Balaban J connectivity index is 1.74. The molecule has 1 aromatic rings. The van der Waals surface area contributed by atoms with E-state index in [0.29, 0.717) is 11.7 Å². The number of nitrogens with zero attached hydrogens (tertiary/aromatic N) is 2. The number of rotatable bonds is 6. The van der Waals surface area contributed by atoms with E-state index < -0.39 is 0 Å². The summed E-state index contributed by atoms with van der Waals surface area (Å²) in [5.74, 6) is 1.23. The third-order valence-electron chi connectivity index (χ3n) is 4.22. The second-order valence-corrected chi connectivity index (χ2v) is 6.70. The molecule has 0 radical (unpaired) electrons. The Hall–Kier alpha value is -3.67. The first-order chi connectivity index (χ1) is 13.5. The fourth-order valence-corrected chi connectivity index (χ4v) is 2.65. The molecule has 0 atom stereocenters. The van der Waals surface area contributed by atoms with Crippen molar-refractivity contribution in [1.29, 1.82) is 5.41 Å². The van der Waals surface area contributed by atoms with Crippen LogP contribution in [-0.4, -0.2) is 17.0 Å². The van der Waals surface area contributed by atoms with Crippen LogP contribution < -0.4 is 16.4 Å². The van der Waals surface area contributed by atoms with Crippen LogP contribution in [0, 0.1) is 11.3 Å². The molecule has 3 heterocycles. The highest BCUT2D eigenvalue weighted by Gasteiger charge is 2.14. The number of allylic oxidation sites excluding steroid dienone is 6. The van der Waals surface area contributed by atoms with Gasteiger partial charge in [-0.15, -0.1) is 0 Å². The molecule has 2 aliphatic rings. The van der Waals surface area contributed by atoms with Gasteiger partial charge in [0.2, 0.25) is 0 Å². The molecule has 142 valence electrons. The minimum absolute atomic E-state index is 0.218. The predicted molar refractivity (Wildman–Crippen MR) is 115 cm³/mol. The van der Waals surface area contributed by atoms with Crippen molar-refractivity contribution in [3.8, 4) is 0 Å². The molecule has 6 nitrogen and oxygen atoms in total. The van der Waals surface area contributed by atoms with Gasteiger partial charge in [0.05, 0.1) is 11.4 Å². The molecule has 0 amide bonds. The average molecular weight is 372 g/mol. The minimum Gasteiger partial charge on any atom is -0.384 e. The molecule has 6 heteroatoms. The molecule has 28 heavy (non-hydrogen) atoms. The lowest BCUT2D eigenvalue weighted by Gasteiger charge is -2.22. The predicted octanol–water partition coefficient (Wildman–Crippen LogP) is 3.38. The van der Waals surface area contributed by atoms with Crippen molar-refractivity contribution in [1.82, 2.24) is 15.6 Å². The van der Waals surface area contributed by atoms with Gasteiger partial charge in [-0.3, -0.25) is 4.98 Å². The minimum atomic E-state index is 0.218. The third kappa shape index (κ3) is 4.94. The Morgan fingerprint density at radius 1 is 1.25 bits per heavy atom. The van der Waals surface area contributed by atoms with Crippen LogP contribution in [0.25, 0.3) is 6.08 Å². The molecule has 3 rings (SSSR count). The van der Waals surface area contributed by atoms with Crippen molar-refractivity contribution in [3.05, 3.63) is 95.0 Å². The van der Waals surface area contributed by atoms with Crippen LogP contribution in [-0.2, 0) is 0 Å². The fourth-order valence-electron chi connectivity index (χ4n) is 2.65. The number of nitrogens with two attached hydrogens (primary N) is 1. The lowest BCUT2D eigenvalue weighted by molar-refractivity contribution is 0.806. The average Bonchev–Trinajstić information content (AvgIpc) is 2.70. The van der Waals surface area contributed by atoms with E-state index >= 15 is 0 Å². The summed E-state index contributed by atoms with van der Waals surface area (Å²) < 4.78 is 0. The van der Waals surface area contributed by atoms with Crippen LogP contribution in [0.5, 0.6) is 0 Å². The molecular weight excluding hydrogens is 348 g/mol. The molecule has 0 saturated heterocycles. The van der Waals surface area contributed by atoms with Crippen LogP contribution in [0.4, 0.5) is 0 Å². The lowest BCUT2D eigenvalue weighted by Crippen LogP contribution is -2.26. The highest BCUT2D eigenvalue weighted by atomic mass is 15.1. The smallest absolute Gasteiger partial charge is 0.132 e. The maximum absolute atomic E-state index is 7.47. The Bertz CT molecular complexity index is 956. The summed E-state index contributed by atoms with van der Waals surface area (Å²) in [5.41, 5.74) is 10.8. The topological polar surface area (TPSA) is 99.2 Å². The van der Waals surface area contributed by atoms with E-state index in [1.807, 2.05) is 68.8 Å². The maximum Gasteiger partial charge on any atom is 0.132 e. The van der Waals surface area contributed by atoms with Crippen molar-refractivity contribution in [3.63, 3.8) is 0 Å². The van der Waals surface area contributed by atoms with Crippen molar-refractivity contribution >= 4 is 18.1 Å². The number of dihydropyridines is 2. The van der Waals surface area contributed by atoms with Crippen LogP contribution in [0.15, 0.2) is 94.5 Å². The summed E-state index contributed by atoms with van der Waals surface area (Å²) in [7, 11) is 0. The first-order valence-corrected chi connectivity index (χ1v) is 9.07. The SMILES string of the molecule is CC(C)C(C=N)=CC(N)=NC1=CC=C2NC=C(/C=C/c3cccnc3)C=C2N1. The number of pyridine rings is 1. The van der Waals surface area contributed by atoms with E-state index in [1.165, 1.54) is 6.21 Å². The van der Waals surface area contributed by atoms with Gasteiger partial charge in [0.25, 0.3) is 0 Å². The van der Waals surface area contributed by atoms with E-state index in [9.17, 15) is 0 Å². The molecule has 0 unspecified atom stereocenters. The summed E-state index contributed by atoms with van der Waals surface area (Å²) in [6.07, 6.45) is 18.5. The number of fused-ring (bicyclic) bond motifs is 1. The fraction of sp³-hybridized carbons (Fsp3) is 0.136. The number of hydrogen-bond acceptors (Lipinski definition) is 5. The van der Waals surface area contributed by atoms with Crippen LogP contribution in [0.1, 0.15) is 19.4 Å². The Morgan fingerprint density at radius 3 is 2.82 bits per heavy atom. The number of aromatic nitrogens is 1. The van der Waals surface area contributed by atoms with E-state index in [2.05, 4.69) is 20.6 Å². The molecule has 0 fully saturated rings. The van der Waals surface area contributed by atoms with Gasteiger partial charge >= 0.3 is 0 Å². The molecule has 5 N–H and O–H groups in total. The highest BCUT2D eigenvalue weighted by Crippen LogP contribution is 2.20. The zero-order valence-corrected chi connectivity index (χ0v) is 16.0. The van der Waals surface area contributed by atoms with Gasteiger partial charge in [0, 0.05) is 24.8 Å². The van der Waals surface area contributed by atoms with E-state index in [1.54, 1.807) is 12.3 Å². The molecule has 0 spiro atoms. The summed E-state index contributed by atoms with van der Waals surface area (Å²) >= 11 is 0. The standard InChI is InChI=1S/C22H24N6/c1-15(2)18(12-23)11-21(24)28-22-8-7-19-20(27-22)10-17(14-26-19)6-5-16-4-3-9-25-13-16/h3-15,23,26-27H,1-2H3,(H2,24,28)/b6-5+,18-11?,23-12?. The van der Waals surface area contributed by atoms with Crippen molar-refractivity contribution < 1.29 is 0 Å². The Morgan fingerprint density at radius 2 is 2.11 bits per heavy atom. The van der Waals surface area contributed by atoms with E-state index in [-0.39, 0.29) is 5.92 Å². The Kier molecular flexibility index (Phi) is 6.01. The maximum atomic E-state index is 7.47. The lowest BCUT2D eigenvalue weighted by atomic mass is 10.0. The molecular formula is C22H24N6. The third-order valence-corrected chi connectivity index (χ3v) is 4.22. The number of hydrogen-bond donors (Lipinski definition) is 4. The summed E-state index contributed by atoms with van der Waals surface area (Å²) in [6.45, 7) is 4.03. The first-order valence-electron chi connectivity index (χ1n) is 9.07. The molecule has 0 aromatic carbocycles. The number of amidine groups is 1. The monoisotopic (exact) mass is 372 g/mol. The molecule has 0 saturated carbocycles. The molecule has 1 aromatic heterocycles. The van der Waals surface area contributed by atoms with Gasteiger partial charge in [-0.2, -0.15) is 0 Å². The van der Waals surface area contributed by atoms with Gasteiger partial charge in [0.1, 0.15) is 11.7 Å². The normalized spacial score (nSPS) is 17.1. The second-order valence-electron chi connectivity index (χ2n) is 6.70. The van der Waals surface area contributed by atoms with E-state index in [0.717, 1.165) is 28.1 Å². The number of nitrogens with one attached hydrogen (secondary N) is 3. The van der Waals surface area contributed by atoms with Gasteiger partial charge in [-0.05, 0) is 53.0 Å². The molecule has 0 aliphatic carbocycles. The summed E-state index contributed by atoms with van der Waals surface area (Å²) in [6, 6.07) is 3.91. The van der Waals surface area contributed by atoms with Crippen molar-refractivity contribution in [2.24, 2.45) is 16.6 Å². The van der Waals surface area contributed by atoms with Gasteiger partial charge in [0.15, 0.2) is 0 Å². The largest absolute Gasteiger partial charge is 0.384 e. The first kappa shape index (κ1) is 19.1. The van der Waals surface area contributed by atoms with Gasteiger partial charge in [-0.25, -0.2) is 4.99 Å². The molecule has 0 bridgehead atoms. The number of aliphatic imine (C=N–C) groups is 1. The summed E-state index contributed by atoms with van der Waals surface area (Å²) in [5, 5.41) is 14.0. The van der Waals surface area contributed by atoms with Gasteiger partial charge < -0.3 is 21.8 Å². The highest BCUT2D eigenvalue weighted by molar-refractivity contribution is 5.97. The van der Waals surface area contributed by atoms with Crippen LogP contribution in [0.3, 0.4) is 0 Å².